The Balaban J connectivity index is 1.44. The maximum absolute atomic E-state index is 12.2. The van der Waals surface area contributed by atoms with E-state index in [2.05, 4.69) is 57.9 Å². The fourth-order valence-corrected chi connectivity index (χ4v) is 2.99. The average Bonchev–Trinajstić information content (AvgIpc) is 2.69. The van der Waals surface area contributed by atoms with Crippen LogP contribution in [-0.4, -0.2) is 22.4 Å². The second-order valence-electron chi connectivity index (χ2n) is 6.74. The molecule has 0 spiro atoms. The summed E-state index contributed by atoms with van der Waals surface area (Å²) < 4.78 is 0. The molecule has 0 fully saturated rings. The van der Waals surface area contributed by atoms with Gasteiger partial charge in [-0.3, -0.25) is 4.79 Å². The number of rotatable bonds is 7. The molecule has 5 heteroatoms. The zero-order valence-corrected chi connectivity index (χ0v) is 15.3. The molecule has 1 aromatic heterocycles. The van der Waals surface area contributed by atoms with Crippen LogP contribution in [0.15, 0.2) is 48.3 Å². The van der Waals surface area contributed by atoms with Crippen LogP contribution in [0.2, 0.25) is 0 Å². The summed E-state index contributed by atoms with van der Waals surface area (Å²) in [5.74, 6) is 0.494. The number of nitrogens with one attached hydrogen (secondary N) is 2. The monoisotopic (exact) mass is 350 g/mol. The Bertz CT molecular complexity index is 751. The van der Waals surface area contributed by atoms with Crippen LogP contribution in [0.1, 0.15) is 53.7 Å². The van der Waals surface area contributed by atoms with Gasteiger partial charge in [-0.15, -0.1) is 0 Å². The minimum atomic E-state index is -0.168. The van der Waals surface area contributed by atoms with E-state index in [1.54, 1.807) is 6.20 Å². The number of amides is 1. The Kier molecular flexibility index (Phi) is 6.36. The lowest BCUT2D eigenvalue weighted by Gasteiger charge is -2.12. The lowest BCUT2D eigenvalue weighted by molar-refractivity contribution is 0.0948. The molecule has 0 unspecified atom stereocenters. The number of aromatic nitrogens is 2. The summed E-state index contributed by atoms with van der Waals surface area (Å²) in [5, 5.41) is 6.15. The maximum Gasteiger partial charge on any atom is 0.271 e. The molecule has 0 radical (unpaired) electrons. The van der Waals surface area contributed by atoms with Crippen molar-refractivity contribution in [2.24, 2.45) is 0 Å². The quantitative estimate of drug-likeness (QED) is 0.740. The van der Waals surface area contributed by atoms with E-state index in [-0.39, 0.29) is 5.91 Å². The summed E-state index contributed by atoms with van der Waals surface area (Å²) in [6.45, 7) is 3.40. The second kappa shape index (κ2) is 9.13. The molecule has 0 atom stereocenters. The Morgan fingerprint density at radius 1 is 1.12 bits per heavy atom. The van der Waals surface area contributed by atoms with E-state index in [9.17, 15) is 4.79 Å². The summed E-state index contributed by atoms with van der Waals surface area (Å²) in [4.78, 5) is 20.7. The van der Waals surface area contributed by atoms with E-state index >= 15 is 0 Å². The third kappa shape index (κ3) is 5.41. The highest BCUT2D eigenvalue weighted by atomic mass is 16.1. The van der Waals surface area contributed by atoms with Gasteiger partial charge in [0, 0.05) is 13.1 Å². The fraction of sp³-hybridized carbons (Fsp3) is 0.381. The summed E-state index contributed by atoms with van der Waals surface area (Å²) >= 11 is 0. The van der Waals surface area contributed by atoms with Gasteiger partial charge in [0.15, 0.2) is 0 Å². The first-order chi connectivity index (χ1) is 12.7. The Morgan fingerprint density at radius 3 is 2.65 bits per heavy atom. The molecule has 136 valence electrons. The zero-order valence-electron chi connectivity index (χ0n) is 15.3. The van der Waals surface area contributed by atoms with Crippen molar-refractivity contribution >= 4 is 11.7 Å². The smallest absolute Gasteiger partial charge is 0.271 e. The first kappa shape index (κ1) is 18.1. The number of benzene rings is 1. The summed E-state index contributed by atoms with van der Waals surface area (Å²) in [6.07, 6.45) is 11.2. The molecule has 0 saturated carbocycles. The predicted octanol–water partition coefficient (Wildman–Crippen LogP) is 4.02. The average molecular weight is 350 g/mol. The van der Waals surface area contributed by atoms with Gasteiger partial charge in [0.25, 0.3) is 5.91 Å². The van der Waals surface area contributed by atoms with Crippen LogP contribution >= 0.6 is 0 Å². The van der Waals surface area contributed by atoms with Crippen molar-refractivity contribution in [3.05, 3.63) is 65.1 Å². The molecular formula is C21H26N4O. The van der Waals surface area contributed by atoms with Gasteiger partial charge in [0.05, 0.1) is 12.4 Å². The number of hydrogen-bond acceptors (Lipinski definition) is 4. The second-order valence-corrected chi connectivity index (χ2v) is 6.74. The van der Waals surface area contributed by atoms with Gasteiger partial charge >= 0.3 is 0 Å². The molecule has 0 bridgehead atoms. The van der Waals surface area contributed by atoms with Gasteiger partial charge < -0.3 is 10.6 Å². The van der Waals surface area contributed by atoms with Crippen LogP contribution in [0.25, 0.3) is 0 Å². The third-order valence-corrected chi connectivity index (χ3v) is 4.60. The van der Waals surface area contributed by atoms with Crippen molar-refractivity contribution in [1.82, 2.24) is 15.3 Å². The molecule has 2 N–H and O–H groups in total. The Hall–Kier alpha value is -2.69. The number of allylic oxidation sites excluding steroid dienone is 1. The molecule has 1 aliphatic rings. The number of nitrogens with zero attached hydrogens (tertiary/aromatic N) is 2. The molecule has 3 rings (SSSR count). The van der Waals surface area contributed by atoms with Gasteiger partial charge in [0.2, 0.25) is 0 Å². The lowest BCUT2D eigenvalue weighted by Crippen LogP contribution is -2.26. The number of anilines is 1. The predicted molar refractivity (Wildman–Crippen MR) is 104 cm³/mol. The summed E-state index contributed by atoms with van der Waals surface area (Å²) in [7, 11) is 0. The van der Waals surface area contributed by atoms with Crippen molar-refractivity contribution in [2.45, 2.75) is 45.6 Å². The van der Waals surface area contributed by atoms with Crippen molar-refractivity contribution in [2.75, 3.05) is 11.9 Å². The van der Waals surface area contributed by atoms with Crippen LogP contribution in [0.5, 0.6) is 0 Å². The first-order valence-electron chi connectivity index (χ1n) is 9.28. The van der Waals surface area contributed by atoms with E-state index < -0.39 is 0 Å². The first-order valence-corrected chi connectivity index (χ1v) is 9.28. The van der Waals surface area contributed by atoms with Crippen molar-refractivity contribution in [3.8, 4) is 0 Å². The molecule has 1 amide bonds. The molecule has 2 aromatic rings. The van der Waals surface area contributed by atoms with E-state index in [4.69, 9.17) is 0 Å². The largest absolute Gasteiger partial charge is 0.365 e. The zero-order chi connectivity index (χ0) is 18.2. The molecule has 5 nitrogen and oxygen atoms in total. The van der Waals surface area contributed by atoms with Crippen molar-refractivity contribution in [3.63, 3.8) is 0 Å². The molecule has 1 aromatic carbocycles. The van der Waals surface area contributed by atoms with E-state index in [1.165, 1.54) is 42.2 Å². The molecule has 1 heterocycles. The Morgan fingerprint density at radius 2 is 1.96 bits per heavy atom. The number of carbonyl (C=O) groups is 1. The minimum absolute atomic E-state index is 0.168. The van der Waals surface area contributed by atoms with Gasteiger partial charge in [-0.25, -0.2) is 9.97 Å². The highest BCUT2D eigenvalue weighted by Gasteiger charge is 2.09. The number of carbonyl (C=O) groups excluding carboxylic acids is 1. The van der Waals surface area contributed by atoms with E-state index in [0.717, 1.165) is 12.8 Å². The highest BCUT2D eigenvalue weighted by molar-refractivity contribution is 5.91. The highest BCUT2D eigenvalue weighted by Crippen LogP contribution is 2.19. The van der Waals surface area contributed by atoms with Crippen LogP contribution < -0.4 is 10.6 Å². The third-order valence-electron chi connectivity index (χ3n) is 4.60. The maximum atomic E-state index is 12.2. The van der Waals surface area contributed by atoms with Crippen LogP contribution in [0.3, 0.4) is 0 Å². The number of hydrogen-bond donors (Lipinski definition) is 2. The Labute approximate surface area is 155 Å². The van der Waals surface area contributed by atoms with Crippen molar-refractivity contribution in [1.29, 1.82) is 0 Å². The van der Waals surface area contributed by atoms with Gasteiger partial charge in [0.1, 0.15) is 11.5 Å². The standard InChI is InChI=1S/C21H26N4O/c1-16-7-9-18(10-8-16)13-24-20-15-23-19(14-25-20)21(26)22-12-11-17-5-3-2-4-6-17/h5,7-10,14-15H,2-4,6,11-13H2,1H3,(H,22,26)(H,24,25). The van der Waals surface area contributed by atoms with Gasteiger partial charge in [-0.2, -0.15) is 0 Å². The molecule has 26 heavy (non-hydrogen) atoms. The van der Waals surface area contributed by atoms with Crippen LogP contribution in [0.4, 0.5) is 5.82 Å². The molecule has 1 aliphatic carbocycles. The fourth-order valence-electron chi connectivity index (χ4n) is 2.99. The van der Waals surface area contributed by atoms with Crippen LogP contribution in [0, 0.1) is 6.92 Å². The minimum Gasteiger partial charge on any atom is -0.365 e. The summed E-state index contributed by atoms with van der Waals surface area (Å²) in [5.41, 5.74) is 4.22. The molecular weight excluding hydrogens is 324 g/mol. The van der Waals surface area contributed by atoms with E-state index in [1.807, 2.05) is 0 Å². The van der Waals surface area contributed by atoms with Crippen molar-refractivity contribution < 1.29 is 4.79 Å². The van der Waals surface area contributed by atoms with E-state index in [0.29, 0.717) is 24.6 Å². The van der Waals surface area contributed by atoms with Gasteiger partial charge in [-0.1, -0.05) is 41.5 Å². The number of aryl methyl sites for hydroxylation is 1. The summed E-state index contributed by atoms with van der Waals surface area (Å²) in [6, 6.07) is 8.33. The SMILES string of the molecule is Cc1ccc(CNc2cnc(C(=O)NCCC3=CCCCC3)cn2)cc1. The molecule has 0 aliphatic heterocycles. The topological polar surface area (TPSA) is 66.9 Å². The van der Waals surface area contributed by atoms with Gasteiger partial charge in [-0.05, 0) is 44.6 Å². The van der Waals surface area contributed by atoms with Crippen LogP contribution in [-0.2, 0) is 6.54 Å². The molecule has 0 saturated heterocycles. The lowest BCUT2D eigenvalue weighted by atomic mass is 9.97. The normalized spacial score (nSPS) is 13.8.